The van der Waals surface area contributed by atoms with Crippen LogP contribution in [0.25, 0.3) is 0 Å². The number of halogens is 2. The van der Waals surface area contributed by atoms with E-state index >= 15 is 8.78 Å². The molecule has 0 radical (unpaired) electrons. The van der Waals surface area contributed by atoms with E-state index in [4.69, 9.17) is 0 Å². The topological polar surface area (TPSA) is 74.6 Å². The average molecular weight is 394 g/mol. The van der Waals surface area contributed by atoms with Crippen LogP contribution in [0.1, 0.15) is 47.0 Å². The normalized spacial score (nSPS) is 55.2. The summed E-state index contributed by atoms with van der Waals surface area (Å²) in [7, 11) is 0. The molecular formula is C22H28F2O4. The number of hydrogen-bond acceptors (Lipinski definition) is 4. The quantitative estimate of drug-likeness (QED) is 0.717. The second-order valence-corrected chi connectivity index (χ2v) is 9.82. The van der Waals surface area contributed by atoms with Crippen molar-refractivity contribution in [2.24, 2.45) is 28.6 Å². The van der Waals surface area contributed by atoms with Gasteiger partial charge in [-0.1, -0.05) is 19.9 Å². The van der Waals surface area contributed by atoms with Crippen LogP contribution in [0.3, 0.4) is 0 Å². The molecule has 6 heteroatoms. The lowest BCUT2D eigenvalue weighted by Crippen LogP contribution is -2.70. The van der Waals surface area contributed by atoms with Gasteiger partial charge in [0.2, 0.25) is 0 Å². The number of carbonyl (C=O) groups excluding carboxylic acids is 2. The van der Waals surface area contributed by atoms with Gasteiger partial charge in [0.05, 0.1) is 6.10 Å². The molecule has 0 spiro atoms. The van der Waals surface area contributed by atoms with Crippen molar-refractivity contribution in [3.05, 3.63) is 23.8 Å². The summed E-state index contributed by atoms with van der Waals surface area (Å²) < 4.78 is 32.0. The second kappa shape index (κ2) is 5.60. The van der Waals surface area contributed by atoms with E-state index in [1.54, 1.807) is 20.8 Å². The van der Waals surface area contributed by atoms with Crippen molar-refractivity contribution in [3.8, 4) is 0 Å². The summed E-state index contributed by atoms with van der Waals surface area (Å²) in [5, 5.41) is 22.4. The number of Topliss-reactive ketones (excluding diaryl/α,β-unsaturated/α-hetero) is 1. The molecule has 9 atom stereocenters. The SMILES string of the molecule is CC(=O)[C@@]1(O)[C@H](C)CC2C3C[C@H](F)C4=CC(=O)C=CC4(C)[C@@]3(F)[C@@H](O)CC21C. The molecule has 4 rings (SSSR count). The molecule has 0 aromatic carbocycles. The van der Waals surface area contributed by atoms with E-state index < -0.39 is 57.9 Å². The van der Waals surface area contributed by atoms with E-state index in [0.717, 1.165) is 6.08 Å². The monoisotopic (exact) mass is 394 g/mol. The van der Waals surface area contributed by atoms with Gasteiger partial charge in [0, 0.05) is 16.7 Å². The number of aliphatic hydroxyl groups excluding tert-OH is 1. The van der Waals surface area contributed by atoms with Gasteiger partial charge in [-0.25, -0.2) is 8.78 Å². The standard InChI is InChI=1S/C22H28F2O4/c1-11-7-14-15-9-17(23)16-8-13(26)5-6-19(16,3)21(15,24)18(27)10-20(14,4)22(11,28)12(2)25/h5-6,8,11,14-15,17-18,27-28H,7,9-10H2,1-4H3/t11-,14?,15?,17+,18+,19?,20?,21+,22+/m1/s1. The van der Waals surface area contributed by atoms with Crippen molar-refractivity contribution >= 4 is 11.6 Å². The van der Waals surface area contributed by atoms with Gasteiger partial charge in [0.25, 0.3) is 0 Å². The molecule has 3 saturated carbocycles. The molecule has 2 N–H and O–H groups in total. The van der Waals surface area contributed by atoms with E-state index in [0.29, 0.717) is 6.42 Å². The molecule has 4 aliphatic rings. The van der Waals surface area contributed by atoms with Crippen molar-refractivity contribution in [1.29, 1.82) is 0 Å². The molecule has 0 aromatic rings. The van der Waals surface area contributed by atoms with Gasteiger partial charge in [-0.2, -0.15) is 0 Å². The molecule has 0 bridgehead atoms. The maximum Gasteiger partial charge on any atom is 0.178 e. The Labute approximate surface area is 163 Å². The highest BCUT2D eigenvalue weighted by Gasteiger charge is 2.76. The van der Waals surface area contributed by atoms with Crippen molar-refractivity contribution in [2.75, 3.05) is 0 Å². The molecular weight excluding hydrogens is 366 g/mol. The van der Waals surface area contributed by atoms with Gasteiger partial charge in [-0.05, 0) is 62.7 Å². The van der Waals surface area contributed by atoms with Crippen LogP contribution in [0.5, 0.6) is 0 Å². The highest BCUT2D eigenvalue weighted by Crippen LogP contribution is 2.70. The van der Waals surface area contributed by atoms with Gasteiger partial charge < -0.3 is 10.2 Å². The Morgan fingerprint density at radius 3 is 2.50 bits per heavy atom. The van der Waals surface area contributed by atoms with Crippen LogP contribution < -0.4 is 0 Å². The Morgan fingerprint density at radius 2 is 1.89 bits per heavy atom. The number of alkyl halides is 2. The molecule has 4 nitrogen and oxygen atoms in total. The highest BCUT2D eigenvalue weighted by atomic mass is 19.1. The van der Waals surface area contributed by atoms with Crippen LogP contribution in [0, 0.1) is 28.6 Å². The lowest BCUT2D eigenvalue weighted by molar-refractivity contribution is -0.222. The average Bonchev–Trinajstić information content (AvgIpc) is 2.81. The molecule has 0 amide bonds. The minimum absolute atomic E-state index is 0.0780. The third kappa shape index (κ3) is 1.96. The van der Waals surface area contributed by atoms with Crippen LogP contribution in [0.2, 0.25) is 0 Å². The van der Waals surface area contributed by atoms with Crippen LogP contribution in [0.4, 0.5) is 8.78 Å². The van der Waals surface area contributed by atoms with Crippen molar-refractivity contribution < 1.29 is 28.6 Å². The highest BCUT2D eigenvalue weighted by molar-refractivity contribution is 6.01. The first kappa shape index (κ1) is 19.9. The zero-order valence-corrected chi connectivity index (χ0v) is 16.7. The van der Waals surface area contributed by atoms with E-state index in [1.165, 1.54) is 19.1 Å². The summed E-state index contributed by atoms with van der Waals surface area (Å²) in [4.78, 5) is 24.2. The molecule has 0 heterocycles. The number of fused-ring (bicyclic) bond motifs is 5. The zero-order chi connectivity index (χ0) is 20.9. The maximum atomic E-state index is 16.8. The minimum atomic E-state index is -2.18. The first-order valence-electron chi connectivity index (χ1n) is 10.0. The predicted octanol–water partition coefficient (Wildman–Crippen LogP) is 2.87. The number of ketones is 2. The smallest absolute Gasteiger partial charge is 0.178 e. The third-order valence-corrected chi connectivity index (χ3v) is 8.75. The molecule has 0 aromatic heterocycles. The van der Waals surface area contributed by atoms with E-state index in [1.807, 2.05) is 0 Å². The van der Waals surface area contributed by atoms with Crippen molar-refractivity contribution in [3.63, 3.8) is 0 Å². The summed E-state index contributed by atoms with van der Waals surface area (Å²) >= 11 is 0. The van der Waals surface area contributed by atoms with Crippen LogP contribution >= 0.6 is 0 Å². The van der Waals surface area contributed by atoms with Crippen LogP contribution in [0.15, 0.2) is 23.8 Å². The van der Waals surface area contributed by atoms with Gasteiger partial charge >= 0.3 is 0 Å². The predicted molar refractivity (Wildman–Crippen MR) is 98.8 cm³/mol. The van der Waals surface area contributed by atoms with Gasteiger partial charge in [0.15, 0.2) is 17.2 Å². The maximum absolute atomic E-state index is 16.8. The molecule has 4 aliphatic carbocycles. The summed E-state index contributed by atoms with van der Waals surface area (Å²) in [6.45, 7) is 6.36. The molecule has 154 valence electrons. The zero-order valence-electron chi connectivity index (χ0n) is 16.7. The van der Waals surface area contributed by atoms with E-state index in [-0.39, 0.29) is 24.2 Å². The number of hydrogen-bond donors (Lipinski definition) is 2. The van der Waals surface area contributed by atoms with Gasteiger partial charge in [-0.3, -0.25) is 9.59 Å². The number of allylic oxidation sites excluding steroid dienone is 4. The lowest BCUT2D eigenvalue weighted by Gasteiger charge is -2.63. The second-order valence-electron chi connectivity index (χ2n) is 9.82. The Morgan fingerprint density at radius 1 is 1.25 bits per heavy atom. The minimum Gasteiger partial charge on any atom is -0.390 e. The van der Waals surface area contributed by atoms with Gasteiger partial charge in [-0.15, -0.1) is 0 Å². The summed E-state index contributed by atoms with van der Waals surface area (Å²) in [6.07, 6.45) is 0.918. The molecule has 4 unspecified atom stereocenters. The largest absolute Gasteiger partial charge is 0.390 e. The van der Waals surface area contributed by atoms with Crippen molar-refractivity contribution in [2.45, 2.75) is 70.5 Å². The summed E-state index contributed by atoms with van der Waals surface area (Å²) in [5.41, 5.74) is -6.26. The first-order chi connectivity index (χ1) is 12.8. The number of aliphatic hydroxyl groups is 2. The Hall–Kier alpha value is -1.40. The van der Waals surface area contributed by atoms with Gasteiger partial charge in [0.1, 0.15) is 11.8 Å². The Balaban J connectivity index is 1.88. The summed E-state index contributed by atoms with van der Waals surface area (Å²) in [5.74, 6) is -2.51. The fourth-order valence-electron chi connectivity index (χ4n) is 7.29. The molecule has 0 aliphatic heterocycles. The van der Waals surface area contributed by atoms with E-state index in [9.17, 15) is 19.8 Å². The molecule has 28 heavy (non-hydrogen) atoms. The van der Waals surface area contributed by atoms with Crippen LogP contribution in [-0.2, 0) is 9.59 Å². The lowest BCUT2D eigenvalue weighted by atomic mass is 9.44. The Bertz CT molecular complexity index is 821. The fourth-order valence-corrected chi connectivity index (χ4v) is 7.29. The number of carbonyl (C=O) groups is 2. The molecule has 0 saturated heterocycles. The number of rotatable bonds is 1. The van der Waals surface area contributed by atoms with E-state index in [2.05, 4.69) is 0 Å². The molecule has 3 fully saturated rings. The fraction of sp³-hybridized carbons (Fsp3) is 0.727. The first-order valence-corrected chi connectivity index (χ1v) is 10.0. The Kier molecular flexibility index (Phi) is 3.98. The van der Waals surface area contributed by atoms with Crippen molar-refractivity contribution in [1.82, 2.24) is 0 Å². The third-order valence-electron chi connectivity index (χ3n) is 8.75. The van der Waals surface area contributed by atoms with Crippen LogP contribution in [-0.4, -0.2) is 45.3 Å². The summed E-state index contributed by atoms with van der Waals surface area (Å²) in [6, 6.07) is 0.